The highest BCUT2D eigenvalue weighted by molar-refractivity contribution is 5.92. The molecule has 0 aliphatic carbocycles. The molecule has 1 aliphatic heterocycles. The van der Waals surface area contributed by atoms with Gasteiger partial charge < -0.3 is 9.80 Å². The third-order valence-electron chi connectivity index (χ3n) is 5.08. The number of nitrogens with zero attached hydrogens (tertiary/aromatic N) is 3. The zero-order chi connectivity index (χ0) is 18.6. The molecule has 3 aromatic rings. The molecule has 2 aromatic carbocycles. The Morgan fingerprint density at radius 3 is 2.41 bits per heavy atom. The predicted molar refractivity (Wildman–Crippen MR) is 108 cm³/mol. The van der Waals surface area contributed by atoms with Crippen LogP contribution in [-0.4, -0.2) is 28.9 Å². The number of amides is 1. The van der Waals surface area contributed by atoms with Crippen LogP contribution < -0.4 is 4.90 Å². The molecule has 0 N–H and O–H groups in total. The van der Waals surface area contributed by atoms with Crippen molar-refractivity contribution in [2.45, 2.75) is 19.9 Å². The average molecular weight is 357 g/mol. The van der Waals surface area contributed by atoms with E-state index < -0.39 is 0 Å². The van der Waals surface area contributed by atoms with E-state index in [0.717, 1.165) is 30.9 Å². The second kappa shape index (κ2) is 7.62. The van der Waals surface area contributed by atoms with Crippen molar-refractivity contribution in [3.8, 4) is 0 Å². The first-order valence-corrected chi connectivity index (χ1v) is 9.41. The molecule has 4 nitrogen and oxygen atoms in total. The normalized spacial score (nSPS) is 13.1. The fourth-order valence-electron chi connectivity index (χ4n) is 3.63. The SMILES string of the molecule is CCN(c1ccccc1)c1ccc(C(=O)N2CCc3ccccc3C2)nc1. The summed E-state index contributed by atoms with van der Waals surface area (Å²) in [6, 6.07) is 22.4. The average Bonchev–Trinajstić information content (AvgIpc) is 2.75. The molecule has 1 aliphatic rings. The van der Waals surface area contributed by atoms with Gasteiger partial charge in [0.2, 0.25) is 0 Å². The summed E-state index contributed by atoms with van der Waals surface area (Å²) in [5.74, 6) is -0.00110. The maximum Gasteiger partial charge on any atom is 0.272 e. The van der Waals surface area contributed by atoms with Crippen LogP contribution in [0.2, 0.25) is 0 Å². The first-order chi connectivity index (χ1) is 13.3. The van der Waals surface area contributed by atoms with Gasteiger partial charge in [-0.2, -0.15) is 0 Å². The molecular weight excluding hydrogens is 334 g/mol. The highest BCUT2D eigenvalue weighted by Gasteiger charge is 2.22. The lowest BCUT2D eigenvalue weighted by Gasteiger charge is -2.29. The van der Waals surface area contributed by atoms with Crippen LogP contribution in [0.1, 0.15) is 28.5 Å². The number of rotatable bonds is 4. The fraction of sp³-hybridized carbons (Fsp3) is 0.217. The number of carbonyl (C=O) groups excluding carboxylic acids is 1. The van der Waals surface area contributed by atoms with E-state index in [0.29, 0.717) is 12.2 Å². The van der Waals surface area contributed by atoms with E-state index in [2.05, 4.69) is 47.1 Å². The van der Waals surface area contributed by atoms with Crippen molar-refractivity contribution in [3.63, 3.8) is 0 Å². The molecule has 4 heteroatoms. The molecule has 0 spiro atoms. The molecular formula is C23H23N3O. The Bertz CT molecular complexity index is 922. The number of aromatic nitrogens is 1. The van der Waals surface area contributed by atoms with E-state index in [9.17, 15) is 4.79 Å². The van der Waals surface area contributed by atoms with Crippen LogP contribution in [0.5, 0.6) is 0 Å². The van der Waals surface area contributed by atoms with E-state index in [4.69, 9.17) is 0 Å². The molecule has 27 heavy (non-hydrogen) atoms. The summed E-state index contributed by atoms with van der Waals surface area (Å²) in [5.41, 5.74) is 5.18. The van der Waals surface area contributed by atoms with Crippen molar-refractivity contribution in [1.29, 1.82) is 0 Å². The van der Waals surface area contributed by atoms with Gasteiger partial charge in [-0.1, -0.05) is 42.5 Å². The first kappa shape index (κ1) is 17.3. The van der Waals surface area contributed by atoms with Gasteiger partial charge in [0, 0.05) is 25.3 Å². The van der Waals surface area contributed by atoms with Gasteiger partial charge in [-0.05, 0) is 48.7 Å². The summed E-state index contributed by atoms with van der Waals surface area (Å²) in [5, 5.41) is 0. The highest BCUT2D eigenvalue weighted by Crippen LogP contribution is 2.25. The summed E-state index contributed by atoms with van der Waals surface area (Å²) in [6.45, 7) is 4.34. The van der Waals surface area contributed by atoms with Crippen LogP contribution in [-0.2, 0) is 13.0 Å². The van der Waals surface area contributed by atoms with Crippen molar-refractivity contribution >= 4 is 17.3 Å². The number of benzene rings is 2. The summed E-state index contributed by atoms with van der Waals surface area (Å²) in [4.78, 5) is 21.4. The van der Waals surface area contributed by atoms with Gasteiger partial charge in [-0.15, -0.1) is 0 Å². The molecule has 2 heterocycles. The van der Waals surface area contributed by atoms with Crippen LogP contribution in [0.4, 0.5) is 11.4 Å². The third-order valence-corrected chi connectivity index (χ3v) is 5.08. The Kier molecular flexibility index (Phi) is 4.88. The number of hydrogen-bond acceptors (Lipinski definition) is 3. The predicted octanol–water partition coefficient (Wildman–Crippen LogP) is 4.44. The lowest BCUT2D eigenvalue weighted by molar-refractivity contribution is 0.0729. The fourth-order valence-corrected chi connectivity index (χ4v) is 3.63. The maximum atomic E-state index is 12.9. The molecule has 0 unspecified atom stereocenters. The second-order valence-corrected chi connectivity index (χ2v) is 6.73. The van der Waals surface area contributed by atoms with Gasteiger partial charge in [-0.25, -0.2) is 4.98 Å². The van der Waals surface area contributed by atoms with Crippen LogP contribution in [0.3, 0.4) is 0 Å². The van der Waals surface area contributed by atoms with E-state index >= 15 is 0 Å². The Labute approximate surface area is 160 Å². The summed E-state index contributed by atoms with van der Waals surface area (Å²) in [7, 11) is 0. The van der Waals surface area contributed by atoms with Gasteiger partial charge >= 0.3 is 0 Å². The number of hydrogen-bond donors (Lipinski definition) is 0. The number of fused-ring (bicyclic) bond motifs is 1. The molecule has 0 saturated carbocycles. The molecule has 1 aromatic heterocycles. The lowest BCUT2D eigenvalue weighted by atomic mass is 10.00. The zero-order valence-electron chi connectivity index (χ0n) is 15.5. The quantitative estimate of drug-likeness (QED) is 0.693. The molecule has 0 fully saturated rings. The summed E-state index contributed by atoms with van der Waals surface area (Å²) in [6.07, 6.45) is 2.69. The van der Waals surface area contributed by atoms with Gasteiger partial charge in [0.15, 0.2) is 0 Å². The van der Waals surface area contributed by atoms with Crippen molar-refractivity contribution in [2.75, 3.05) is 18.0 Å². The largest absolute Gasteiger partial charge is 0.341 e. The van der Waals surface area contributed by atoms with E-state index in [1.54, 1.807) is 6.20 Å². The first-order valence-electron chi connectivity index (χ1n) is 9.41. The van der Waals surface area contributed by atoms with E-state index in [1.165, 1.54) is 11.1 Å². The maximum absolute atomic E-state index is 12.9. The Balaban J connectivity index is 1.51. The monoisotopic (exact) mass is 357 g/mol. The van der Waals surface area contributed by atoms with Crippen molar-refractivity contribution in [1.82, 2.24) is 9.88 Å². The Morgan fingerprint density at radius 2 is 1.70 bits per heavy atom. The zero-order valence-corrected chi connectivity index (χ0v) is 15.5. The highest BCUT2D eigenvalue weighted by atomic mass is 16.2. The minimum absolute atomic E-state index is 0.00110. The summed E-state index contributed by atoms with van der Waals surface area (Å²) < 4.78 is 0. The Morgan fingerprint density at radius 1 is 0.963 bits per heavy atom. The molecule has 0 atom stereocenters. The molecule has 0 bridgehead atoms. The van der Waals surface area contributed by atoms with Crippen LogP contribution in [0.15, 0.2) is 72.9 Å². The molecule has 4 rings (SSSR count). The van der Waals surface area contributed by atoms with E-state index in [1.807, 2.05) is 41.3 Å². The standard InChI is InChI=1S/C23H23N3O/c1-2-26(20-10-4-3-5-11-20)21-12-13-22(24-16-21)23(27)25-15-14-18-8-6-7-9-19(18)17-25/h3-13,16H,2,14-15,17H2,1H3. The third kappa shape index (κ3) is 3.56. The molecule has 136 valence electrons. The van der Waals surface area contributed by atoms with E-state index in [-0.39, 0.29) is 5.91 Å². The number of pyridine rings is 1. The van der Waals surface area contributed by atoms with Gasteiger partial charge in [0.1, 0.15) is 5.69 Å². The topological polar surface area (TPSA) is 36.4 Å². The van der Waals surface area contributed by atoms with Crippen molar-refractivity contribution < 1.29 is 4.79 Å². The number of carbonyl (C=O) groups is 1. The molecule has 0 saturated heterocycles. The minimum Gasteiger partial charge on any atom is -0.341 e. The number of anilines is 2. The molecule has 1 amide bonds. The van der Waals surface area contributed by atoms with Crippen LogP contribution in [0.25, 0.3) is 0 Å². The smallest absolute Gasteiger partial charge is 0.272 e. The van der Waals surface area contributed by atoms with Gasteiger partial charge in [0.05, 0.1) is 11.9 Å². The minimum atomic E-state index is -0.00110. The second-order valence-electron chi connectivity index (χ2n) is 6.73. The molecule has 0 radical (unpaired) electrons. The van der Waals surface area contributed by atoms with Gasteiger partial charge in [-0.3, -0.25) is 4.79 Å². The van der Waals surface area contributed by atoms with Crippen molar-refractivity contribution in [3.05, 3.63) is 89.7 Å². The lowest BCUT2D eigenvalue weighted by Crippen LogP contribution is -2.36. The number of para-hydroxylation sites is 1. The van der Waals surface area contributed by atoms with Gasteiger partial charge in [0.25, 0.3) is 5.91 Å². The van der Waals surface area contributed by atoms with Crippen molar-refractivity contribution in [2.24, 2.45) is 0 Å². The summed E-state index contributed by atoms with van der Waals surface area (Å²) >= 11 is 0. The Hall–Kier alpha value is -3.14. The van der Waals surface area contributed by atoms with Crippen LogP contribution in [0, 0.1) is 0 Å². The van der Waals surface area contributed by atoms with Crippen LogP contribution >= 0.6 is 0 Å².